The van der Waals surface area contributed by atoms with Gasteiger partial charge in [0.1, 0.15) is 4.88 Å². The first-order valence-electron chi connectivity index (χ1n) is 12.9. The van der Waals surface area contributed by atoms with Gasteiger partial charge in [-0.05, 0) is 55.6 Å². The van der Waals surface area contributed by atoms with Crippen LogP contribution in [0, 0.1) is 12.8 Å². The fraction of sp³-hybridized carbons (Fsp3) is 0.393. The molecule has 0 saturated carbocycles. The molecule has 9 nitrogen and oxygen atoms in total. The Morgan fingerprint density at radius 2 is 2.08 bits per heavy atom. The molecule has 4 aromatic rings. The van der Waals surface area contributed by atoms with Gasteiger partial charge in [0.25, 0.3) is 5.91 Å². The molecule has 4 heterocycles. The molecular formula is C28H34N8OS. The minimum atomic E-state index is -0.101. The molecule has 0 bridgehead atoms. The SMILES string of the molecule is Cc1cc(-c2ccnc(Nc3cnn(CC4CCNC4)c3)n2)ccc1CNC(=O)c1cnc(C(C)(C)C)s1. The monoisotopic (exact) mass is 530 g/mol. The molecule has 1 aliphatic heterocycles. The molecule has 10 heteroatoms. The summed E-state index contributed by atoms with van der Waals surface area (Å²) in [7, 11) is 0. The van der Waals surface area contributed by atoms with Crippen LogP contribution >= 0.6 is 11.3 Å². The van der Waals surface area contributed by atoms with Crippen LogP contribution in [-0.2, 0) is 18.5 Å². The largest absolute Gasteiger partial charge is 0.347 e. The van der Waals surface area contributed by atoms with Crippen LogP contribution < -0.4 is 16.0 Å². The Hall–Kier alpha value is -3.63. The Balaban J connectivity index is 1.21. The lowest BCUT2D eigenvalue weighted by Crippen LogP contribution is -2.22. The molecule has 0 radical (unpaired) electrons. The summed E-state index contributed by atoms with van der Waals surface area (Å²) in [4.78, 5) is 26.8. The number of carbonyl (C=O) groups is 1. The minimum absolute atomic E-state index is 0.0686. The summed E-state index contributed by atoms with van der Waals surface area (Å²) in [5.41, 5.74) is 4.75. The van der Waals surface area contributed by atoms with Gasteiger partial charge in [-0.2, -0.15) is 5.10 Å². The first kappa shape index (κ1) is 26.0. The number of carbonyl (C=O) groups excluding carboxylic acids is 1. The number of thiazole rings is 1. The van der Waals surface area contributed by atoms with Crippen LogP contribution in [0.4, 0.5) is 11.6 Å². The molecule has 1 amide bonds. The third kappa shape index (κ3) is 6.25. The van der Waals surface area contributed by atoms with Gasteiger partial charge in [0.05, 0.1) is 28.8 Å². The molecule has 38 heavy (non-hydrogen) atoms. The molecule has 198 valence electrons. The van der Waals surface area contributed by atoms with Crippen molar-refractivity contribution < 1.29 is 4.79 Å². The second kappa shape index (κ2) is 11.0. The number of rotatable bonds is 8. The Labute approximate surface area is 227 Å². The smallest absolute Gasteiger partial charge is 0.263 e. The standard InChI is InChI=1S/C28H34N8OS/c1-18-11-20(5-6-21(18)13-31-25(37)24-15-32-26(38-24)28(2,3)4)23-8-10-30-27(35-23)34-22-14-33-36(17-22)16-19-7-9-29-12-19/h5-6,8,10-11,14-15,17,19,29H,7,9,12-13,16H2,1-4H3,(H,31,37)(H,30,34,35). The van der Waals surface area contributed by atoms with E-state index < -0.39 is 0 Å². The Morgan fingerprint density at radius 3 is 2.82 bits per heavy atom. The highest BCUT2D eigenvalue weighted by Crippen LogP contribution is 2.27. The van der Waals surface area contributed by atoms with E-state index in [0.29, 0.717) is 23.3 Å². The lowest BCUT2D eigenvalue weighted by molar-refractivity contribution is 0.0954. The molecule has 1 unspecified atom stereocenters. The summed E-state index contributed by atoms with van der Waals surface area (Å²) in [6.07, 6.45) is 8.40. The summed E-state index contributed by atoms with van der Waals surface area (Å²) in [6, 6.07) is 8.05. The van der Waals surface area contributed by atoms with Gasteiger partial charge in [-0.25, -0.2) is 15.0 Å². The second-order valence-corrected chi connectivity index (χ2v) is 11.8. The van der Waals surface area contributed by atoms with Crippen molar-refractivity contribution in [3.8, 4) is 11.3 Å². The van der Waals surface area contributed by atoms with Gasteiger partial charge in [0.2, 0.25) is 5.95 Å². The lowest BCUT2D eigenvalue weighted by Gasteiger charge is -2.13. The van der Waals surface area contributed by atoms with Crippen molar-refractivity contribution in [1.82, 2.24) is 35.4 Å². The first-order valence-corrected chi connectivity index (χ1v) is 13.7. The predicted molar refractivity (Wildman–Crippen MR) is 151 cm³/mol. The number of aryl methyl sites for hydroxylation is 1. The van der Waals surface area contributed by atoms with Crippen LogP contribution in [0.15, 0.2) is 49.1 Å². The summed E-state index contributed by atoms with van der Waals surface area (Å²) in [5, 5.41) is 15.1. The summed E-state index contributed by atoms with van der Waals surface area (Å²) in [6.45, 7) is 11.8. The Morgan fingerprint density at radius 1 is 1.21 bits per heavy atom. The average Bonchev–Trinajstić information content (AvgIpc) is 3.66. The first-order chi connectivity index (χ1) is 18.2. The van der Waals surface area contributed by atoms with E-state index >= 15 is 0 Å². The topological polar surface area (TPSA) is 110 Å². The maximum Gasteiger partial charge on any atom is 0.263 e. The van der Waals surface area contributed by atoms with Crippen LogP contribution in [-0.4, -0.2) is 43.7 Å². The quantitative estimate of drug-likeness (QED) is 0.303. The zero-order chi connectivity index (χ0) is 26.7. The highest BCUT2D eigenvalue weighted by Gasteiger charge is 2.20. The van der Waals surface area contributed by atoms with Crippen molar-refractivity contribution in [2.75, 3.05) is 18.4 Å². The average molecular weight is 531 g/mol. The minimum Gasteiger partial charge on any atom is -0.347 e. The lowest BCUT2D eigenvalue weighted by atomic mass is 9.98. The second-order valence-electron chi connectivity index (χ2n) is 10.8. The van der Waals surface area contributed by atoms with E-state index in [4.69, 9.17) is 4.98 Å². The number of benzene rings is 1. The van der Waals surface area contributed by atoms with E-state index in [-0.39, 0.29) is 11.3 Å². The number of nitrogens with zero attached hydrogens (tertiary/aromatic N) is 5. The van der Waals surface area contributed by atoms with Crippen molar-refractivity contribution in [2.45, 2.75) is 52.6 Å². The molecule has 5 rings (SSSR count). The normalized spacial score (nSPS) is 15.5. The summed E-state index contributed by atoms with van der Waals surface area (Å²) < 4.78 is 1.98. The Bertz CT molecular complexity index is 1410. The summed E-state index contributed by atoms with van der Waals surface area (Å²) >= 11 is 1.45. The van der Waals surface area contributed by atoms with Gasteiger partial charge in [-0.1, -0.05) is 32.9 Å². The van der Waals surface area contributed by atoms with Crippen LogP contribution in [0.25, 0.3) is 11.3 Å². The molecule has 0 spiro atoms. The van der Waals surface area contributed by atoms with E-state index in [1.165, 1.54) is 17.8 Å². The van der Waals surface area contributed by atoms with Gasteiger partial charge in [0.15, 0.2) is 0 Å². The van der Waals surface area contributed by atoms with E-state index in [0.717, 1.165) is 52.7 Å². The number of nitrogens with one attached hydrogen (secondary N) is 3. The molecule has 1 aliphatic rings. The number of aromatic nitrogens is 5. The predicted octanol–water partition coefficient (Wildman–Crippen LogP) is 4.69. The van der Waals surface area contributed by atoms with E-state index in [2.05, 4.69) is 57.9 Å². The highest BCUT2D eigenvalue weighted by molar-refractivity contribution is 7.13. The molecule has 1 saturated heterocycles. The van der Waals surface area contributed by atoms with Crippen LogP contribution in [0.5, 0.6) is 0 Å². The van der Waals surface area contributed by atoms with Crippen LogP contribution in [0.2, 0.25) is 0 Å². The van der Waals surface area contributed by atoms with Gasteiger partial charge in [0, 0.05) is 36.5 Å². The number of hydrogen-bond donors (Lipinski definition) is 3. The molecular weight excluding hydrogens is 496 g/mol. The van der Waals surface area contributed by atoms with Crippen LogP contribution in [0.3, 0.4) is 0 Å². The number of hydrogen-bond acceptors (Lipinski definition) is 8. The zero-order valence-electron chi connectivity index (χ0n) is 22.3. The van der Waals surface area contributed by atoms with Crippen molar-refractivity contribution in [3.63, 3.8) is 0 Å². The Kier molecular flexibility index (Phi) is 7.53. The van der Waals surface area contributed by atoms with Gasteiger partial charge in [-0.15, -0.1) is 11.3 Å². The molecule has 1 fully saturated rings. The molecule has 3 aromatic heterocycles. The molecule has 0 aliphatic carbocycles. The molecule has 1 aromatic carbocycles. The zero-order valence-corrected chi connectivity index (χ0v) is 23.1. The van der Waals surface area contributed by atoms with Crippen molar-refractivity contribution in [3.05, 3.63) is 70.1 Å². The third-order valence-corrected chi connectivity index (χ3v) is 8.02. The maximum atomic E-state index is 12.7. The van der Waals surface area contributed by atoms with E-state index in [9.17, 15) is 4.79 Å². The third-order valence-electron chi connectivity index (χ3n) is 6.60. The highest BCUT2D eigenvalue weighted by atomic mass is 32.1. The van der Waals surface area contributed by atoms with E-state index in [1.54, 1.807) is 12.4 Å². The van der Waals surface area contributed by atoms with Gasteiger partial charge < -0.3 is 16.0 Å². The van der Waals surface area contributed by atoms with Crippen molar-refractivity contribution in [1.29, 1.82) is 0 Å². The van der Waals surface area contributed by atoms with Crippen molar-refractivity contribution in [2.24, 2.45) is 5.92 Å². The van der Waals surface area contributed by atoms with E-state index in [1.807, 2.05) is 42.2 Å². The number of anilines is 2. The van der Waals surface area contributed by atoms with Crippen molar-refractivity contribution >= 4 is 28.9 Å². The number of amides is 1. The van der Waals surface area contributed by atoms with Gasteiger partial charge >= 0.3 is 0 Å². The van der Waals surface area contributed by atoms with Crippen LogP contribution in [0.1, 0.15) is 53.0 Å². The fourth-order valence-corrected chi connectivity index (χ4v) is 5.30. The maximum absolute atomic E-state index is 12.7. The molecule has 3 N–H and O–H groups in total. The van der Waals surface area contributed by atoms with Gasteiger partial charge in [-0.3, -0.25) is 9.48 Å². The molecule has 1 atom stereocenters. The summed E-state index contributed by atoms with van der Waals surface area (Å²) in [5.74, 6) is 1.05. The fourth-order valence-electron chi connectivity index (χ4n) is 4.41.